The molecule has 1 heterocycles. The fourth-order valence-corrected chi connectivity index (χ4v) is 2.90. The maximum atomic E-state index is 12.9. The molecule has 9 heteroatoms. The second-order valence-electron chi connectivity index (χ2n) is 5.64. The molecule has 9 nitrogen and oxygen atoms in total. The first kappa shape index (κ1) is 16.2. The van der Waals surface area contributed by atoms with E-state index in [1.54, 1.807) is 24.3 Å². The van der Waals surface area contributed by atoms with Gasteiger partial charge in [-0.1, -0.05) is 24.3 Å². The number of hydrogen-bond donors (Lipinski definition) is 3. The van der Waals surface area contributed by atoms with E-state index in [1.807, 2.05) is 6.07 Å². The van der Waals surface area contributed by atoms with Gasteiger partial charge in [-0.25, -0.2) is 0 Å². The second kappa shape index (κ2) is 6.20. The first-order valence-corrected chi connectivity index (χ1v) is 7.77. The third-order valence-electron chi connectivity index (χ3n) is 4.13. The van der Waals surface area contributed by atoms with Crippen LogP contribution in [0.3, 0.4) is 0 Å². The number of anilines is 1. The number of rotatable bonds is 3. The van der Waals surface area contributed by atoms with Crippen LogP contribution >= 0.6 is 0 Å². The molecule has 130 valence electrons. The van der Waals surface area contributed by atoms with Crippen LogP contribution in [0.5, 0.6) is 5.75 Å². The Morgan fingerprint density at radius 2 is 1.81 bits per heavy atom. The van der Waals surface area contributed by atoms with E-state index < -0.39 is 11.6 Å². The van der Waals surface area contributed by atoms with Crippen molar-refractivity contribution in [3.8, 4) is 11.8 Å². The van der Waals surface area contributed by atoms with Crippen LogP contribution in [0.1, 0.15) is 37.7 Å². The third kappa shape index (κ3) is 2.52. The summed E-state index contributed by atoms with van der Waals surface area (Å²) in [7, 11) is 0. The maximum absolute atomic E-state index is 12.9. The molecule has 1 aliphatic carbocycles. The van der Waals surface area contributed by atoms with Crippen molar-refractivity contribution < 1.29 is 14.7 Å². The minimum Gasteiger partial charge on any atom is -0.507 e. The van der Waals surface area contributed by atoms with Gasteiger partial charge in [-0.3, -0.25) is 9.59 Å². The van der Waals surface area contributed by atoms with Crippen LogP contribution in [0.15, 0.2) is 42.6 Å². The number of ketones is 2. The average molecular weight is 358 g/mol. The number of aromatic amines is 1. The van der Waals surface area contributed by atoms with Gasteiger partial charge in [0.05, 0.1) is 16.8 Å². The summed E-state index contributed by atoms with van der Waals surface area (Å²) in [6.07, 6.45) is 1.30. The Bertz CT molecular complexity index is 1160. The molecule has 3 aromatic rings. The highest BCUT2D eigenvalue weighted by molar-refractivity contribution is 6.31. The molecular weight excluding hydrogens is 348 g/mol. The van der Waals surface area contributed by atoms with E-state index in [2.05, 4.69) is 25.9 Å². The summed E-state index contributed by atoms with van der Waals surface area (Å²) in [4.78, 5) is 25.7. The van der Waals surface area contributed by atoms with Gasteiger partial charge in [0, 0.05) is 17.3 Å². The van der Waals surface area contributed by atoms with Crippen molar-refractivity contribution in [1.29, 1.82) is 5.26 Å². The Morgan fingerprint density at radius 1 is 1.11 bits per heavy atom. The minimum atomic E-state index is -0.441. The van der Waals surface area contributed by atoms with Crippen LogP contribution in [0.2, 0.25) is 0 Å². The molecule has 0 atom stereocenters. The molecule has 0 fully saturated rings. The summed E-state index contributed by atoms with van der Waals surface area (Å²) in [5.74, 6) is -1.05. The highest BCUT2D eigenvalue weighted by atomic mass is 16.3. The summed E-state index contributed by atoms with van der Waals surface area (Å²) in [6, 6.07) is 11.1. The van der Waals surface area contributed by atoms with Crippen molar-refractivity contribution in [3.05, 3.63) is 70.7 Å². The Kier molecular flexibility index (Phi) is 3.71. The van der Waals surface area contributed by atoms with Gasteiger partial charge in [-0.15, -0.1) is 10.2 Å². The van der Waals surface area contributed by atoms with Crippen LogP contribution in [0.25, 0.3) is 5.57 Å². The highest BCUT2D eigenvalue weighted by Crippen LogP contribution is 2.37. The van der Waals surface area contributed by atoms with Crippen molar-refractivity contribution in [1.82, 2.24) is 20.6 Å². The summed E-state index contributed by atoms with van der Waals surface area (Å²) in [6.45, 7) is 0. The first-order chi connectivity index (χ1) is 13.1. The molecule has 0 spiro atoms. The summed E-state index contributed by atoms with van der Waals surface area (Å²) in [5.41, 5.74) is 0.803. The van der Waals surface area contributed by atoms with Crippen molar-refractivity contribution >= 4 is 22.8 Å². The highest BCUT2D eigenvalue weighted by Gasteiger charge is 2.33. The zero-order chi connectivity index (χ0) is 19.0. The lowest BCUT2D eigenvalue weighted by Gasteiger charge is -2.20. The Morgan fingerprint density at radius 3 is 2.44 bits per heavy atom. The molecular formula is C18H10N6O3. The molecule has 0 unspecified atom stereocenters. The Labute approximate surface area is 152 Å². The Balaban J connectivity index is 1.83. The quantitative estimate of drug-likeness (QED) is 0.370. The normalized spacial score (nSPS) is 12.9. The number of allylic oxidation sites excluding steroid dienone is 1. The van der Waals surface area contributed by atoms with Gasteiger partial charge in [0.1, 0.15) is 17.4 Å². The molecule has 0 bridgehead atoms. The monoisotopic (exact) mass is 358 g/mol. The van der Waals surface area contributed by atoms with E-state index in [4.69, 9.17) is 0 Å². The van der Waals surface area contributed by atoms with E-state index in [0.29, 0.717) is 0 Å². The van der Waals surface area contributed by atoms with Crippen molar-refractivity contribution in [2.45, 2.75) is 0 Å². The van der Waals surface area contributed by atoms with Gasteiger partial charge < -0.3 is 10.4 Å². The molecule has 1 aliphatic rings. The second-order valence-corrected chi connectivity index (χ2v) is 5.64. The summed E-state index contributed by atoms with van der Waals surface area (Å²) < 4.78 is 0. The van der Waals surface area contributed by atoms with Crippen molar-refractivity contribution in [2.75, 3.05) is 5.32 Å². The predicted molar refractivity (Wildman–Crippen MR) is 92.8 cm³/mol. The number of tetrazole rings is 1. The van der Waals surface area contributed by atoms with E-state index >= 15 is 0 Å². The number of nitrogens with zero attached hydrogens (tertiary/aromatic N) is 4. The van der Waals surface area contributed by atoms with Crippen LogP contribution in [-0.2, 0) is 0 Å². The number of phenolic OH excluding ortho intramolecular Hbond substituents is 1. The van der Waals surface area contributed by atoms with E-state index in [-0.39, 0.29) is 45.1 Å². The van der Waals surface area contributed by atoms with Gasteiger partial charge in [0.25, 0.3) is 0 Å². The predicted octanol–water partition coefficient (Wildman–Crippen LogP) is 1.66. The van der Waals surface area contributed by atoms with Crippen LogP contribution in [0.4, 0.5) is 5.69 Å². The van der Waals surface area contributed by atoms with Gasteiger partial charge in [0.2, 0.25) is 5.82 Å². The lowest BCUT2D eigenvalue weighted by molar-refractivity contribution is 0.0977. The molecule has 0 aliphatic heterocycles. The smallest absolute Gasteiger partial charge is 0.216 e. The number of carbonyl (C=O) groups is 2. The van der Waals surface area contributed by atoms with E-state index in [0.717, 1.165) is 0 Å². The Hall–Kier alpha value is -4.32. The molecule has 0 amide bonds. The third-order valence-corrected chi connectivity index (χ3v) is 4.13. The van der Waals surface area contributed by atoms with Crippen LogP contribution in [-0.4, -0.2) is 37.3 Å². The van der Waals surface area contributed by atoms with Gasteiger partial charge in [-0.05, 0) is 17.3 Å². The number of nitrogens with one attached hydrogen (secondary N) is 2. The number of aromatic nitrogens is 4. The molecule has 3 N–H and O–H groups in total. The minimum absolute atomic E-state index is 0.0420. The SMILES string of the molecule is N#CC(=CNc1ccc(O)c2c1C(=O)c1ccccc1C2=O)c1nn[nH]n1. The molecule has 0 radical (unpaired) electrons. The van der Waals surface area contributed by atoms with Gasteiger partial charge >= 0.3 is 0 Å². The van der Waals surface area contributed by atoms with Gasteiger partial charge in [0.15, 0.2) is 11.6 Å². The van der Waals surface area contributed by atoms with Crippen LogP contribution < -0.4 is 5.32 Å². The standard InChI is InChI=1S/C18H10N6O3/c19-7-9(18-21-23-24-22-18)8-20-12-5-6-13(25)15-14(12)16(26)10-3-1-2-4-11(10)17(15)27/h1-6,8,20,25H,(H,21,22,23,24). The largest absolute Gasteiger partial charge is 0.507 e. The molecule has 0 saturated carbocycles. The molecule has 27 heavy (non-hydrogen) atoms. The number of benzene rings is 2. The number of carbonyl (C=O) groups excluding carboxylic acids is 2. The fraction of sp³-hybridized carbons (Fsp3) is 0. The topological polar surface area (TPSA) is 145 Å². The molecule has 2 aromatic carbocycles. The molecule has 0 saturated heterocycles. The zero-order valence-corrected chi connectivity index (χ0v) is 13.6. The maximum Gasteiger partial charge on any atom is 0.216 e. The molecule has 1 aromatic heterocycles. The van der Waals surface area contributed by atoms with E-state index in [1.165, 1.54) is 18.3 Å². The lowest BCUT2D eigenvalue weighted by Crippen LogP contribution is -2.22. The van der Waals surface area contributed by atoms with E-state index in [9.17, 15) is 20.0 Å². The summed E-state index contributed by atoms with van der Waals surface area (Å²) >= 11 is 0. The number of H-pyrrole nitrogens is 1. The van der Waals surface area contributed by atoms with Crippen molar-refractivity contribution in [3.63, 3.8) is 0 Å². The van der Waals surface area contributed by atoms with Crippen molar-refractivity contribution in [2.24, 2.45) is 0 Å². The number of hydrogen-bond acceptors (Lipinski definition) is 8. The first-order valence-electron chi connectivity index (χ1n) is 7.77. The fourth-order valence-electron chi connectivity index (χ4n) is 2.90. The number of phenols is 1. The lowest BCUT2D eigenvalue weighted by atomic mass is 9.82. The summed E-state index contributed by atoms with van der Waals surface area (Å²) in [5, 5.41) is 35.3. The number of fused-ring (bicyclic) bond motifs is 2. The zero-order valence-electron chi connectivity index (χ0n) is 13.6. The number of nitriles is 1. The number of aromatic hydroxyl groups is 1. The molecule has 4 rings (SSSR count). The van der Waals surface area contributed by atoms with Crippen LogP contribution in [0, 0.1) is 11.3 Å². The average Bonchev–Trinajstić information content (AvgIpc) is 3.22. The van der Waals surface area contributed by atoms with Gasteiger partial charge in [-0.2, -0.15) is 10.5 Å².